The van der Waals surface area contributed by atoms with Crippen molar-refractivity contribution in [3.8, 4) is 5.75 Å². The van der Waals surface area contributed by atoms with E-state index in [-0.39, 0.29) is 18.6 Å². The first kappa shape index (κ1) is 15.9. The molecule has 2 aromatic carbocycles. The van der Waals surface area contributed by atoms with Crippen LogP contribution in [0.5, 0.6) is 5.75 Å². The summed E-state index contributed by atoms with van der Waals surface area (Å²) < 4.78 is 5.71. The Hall–Kier alpha value is -2.00. The van der Waals surface area contributed by atoms with Crippen molar-refractivity contribution >= 4 is 17.5 Å². The van der Waals surface area contributed by atoms with Crippen LogP contribution < -0.4 is 10.1 Å². The van der Waals surface area contributed by atoms with Gasteiger partial charge in [0.1, 0.15) is 5.75 Å². The van der Waals surface area contributed by atoms with Crippen molar-refractivity contribution in [3.05, 3.63) is 63.7 Å². The van der Waals surface area contributed by atoms with Crippen LogP contribution >= 0.6 is 11.6 Å². The average Bonchev–Trinajstić information content (AvgIpc) is 2.89. The quantitative estimate of drug-likeness (QED) is 0.915. The molecular formula is C19H20ClNO2. The zero-order chi connectivity index (χ0) is 16.4. The predicted molar refractivity (Wildman–Crippen MR) is 92.1 cm³/mol. The maximum absolute atomic E-state index is 12.2. The minimum absolute atomic E-state index is 0.0159. The largest absolute Gasteiger partial charge is 0.483 e. The molecule has 1 aliphatic rings. The SMILES string of the molecule is Cc1cc(Cl)cc(C)c1OCC(=O)N[C@@H]1CCc2ccccc21. The van der Waals surface area contributed by atoms with Crippen molar-refractivity contribution in [2.24, 2.45) is 0 Å². The Morgan fingerprint density at radius 2 is 1.96 bits per heavy atom. The van der Waals surface area contributed by atoms with E-state index < -0.39 is 0 Å². The lowest BCUT2D eigenvalue weighted by molar-refractivity contribution is -0.123. The Morgan fingerprint density at radius 3 is 2.70 bits per heavy atom. The predicted octanol–water partition coefficient (Wildman–Crippen LogP) is 4.14. The molecule has 0 fully saturated rings. The highest BCUT2D eigenvalue weighted by molar-refractivity contribution is 6.30. The topological polar surface area (TPSA) is 38.3 Å². The summed E-state index contributed by atoms with van der Waals surface area (Å²) in [5.41, 5.74) is 4.42. The number of hydrogen-bond donors (Lipinski definition) is 1. The zero-order valence-corrected chi connectivity index (χ0v) is 14.1. The number of halogens is 1. The number of carbonyl (C=O) groups is 1. The normalized spacial score (nSPS) is 16.0. The second kappa shape index (κ2) is 6.63. The van der Waals surface area contributed by atoms with E-state index in [1.165, 1.54) is 11.1 Å². The second-order valence-corrected chi connectivity index (χ2v) is 6.45. The Bertz CT molecular complexity index is 719. The first-order valence-electron chi connectivity index (χ1n) is 7.81. The number of fused-ring (bicyclic) bond motifs is 1. The lowest BCUT2D eigenvalue weighted by atomic mass is 10.1. The van der Waals surface area contributed by atoms with E-state index in [1.54, 1.807) is 0 Å². The fraction of sp³-hybridized carbons (Fsp3) is 0.316. The smallest absolute Gasteiger partial charge is 0.258 e. The van der Waals surface area contributed by atoms with Gasteiger partial charge in [0, 0.05) is 5.02 Å². The van der Waals surface area contributed by atoms with Crippen LogP contribution in [0.3, 0.4) is 0 Å². The summed E-state index contributed by atoms with van der Waals surface area (Å²) >= 11 is 6.01. The third kappa shape index (κ3) is 3.50. The Labute approximate surface area is 141 Å². The molecule has 0 saturated carbocycles. The molecule has 0 aliphatic heterocycles. The highest BCUT2D eigenvalue weighted by Gasteiger charge is 2.23. The van der Waals surface area contributed by atoms with Gasteiger partial charge in [-0.15, -0.1) is 0 Å². The molecule has 2 aromatic rings. The number of rotatable bonds is 4. The molecule has 0 bridgehead atoms. The number of ether oxygens (including phenoxy) is 1. The van der Waals surface area contributed by atoms with E-state index in [2.05, 4.69) is 17.4 Å². The van der Waals surface area contributed by atoms with E-state index >= 15 is 0 Å². The summed E-state index contributed by atoms with van der Waals surface area (Å²) in [6.07, 6.45) is 1.96. The van der Waals surface area contributed by atoms with Gasteiger partial charge in [0.05, 0.1) is 6.04 Å². The average molecular weight is 330 g/mol. The Morgan fingerprint density at radius 1 is 1.26 bits per heavy atom. The molecule has 0 aromatic heterocycles. The summed E-state index contributed by atoms with van der Waals surface area (Å²) in [5, 5.41) is 3.75. The fourth-order valence-electron chi connectivity index (χ4n) is 3.21. The molecule has 3 rings (SSSR count). The summed E-state index contributed by atoms with van der Waals surface area (Å²) in [4.78, 5) is 12.2. The molecule has 4 heteroatoms. The Kier molecular flexibility index (Phi) is 4.58. The van der Waals surface area contributed by atoms with E-state index in [0.29, 0.717) is 5.02 Å². The molecule has 120 valence electrons. The fourth-order valence-corrected chi connectivity index (χ4v) is 3.53. The van der Waals surface area contributed by atoms with E-state index in [9.17, 15) is 4.79 Å². The maximum Gasteiger partial charge on any atom is 0.258 e. The minimum Gasteiger partial charge on any atom is -0.483 e. The molecular weight excluding hydrogens is 310 g/mol. The van der Waals surface area contributed by atoms with Gasteiger partial charge < -0.3 is 10.1 Å². The second-order valence-electron chi connectivity index (χ2n) is 6.01. The molecule has 0 spiro atoms. The van der Waals surface area contributed by atoms with Crippen LogP contribution in [0, 0.1) is 13.8 Å². The van der Waals surface area contributed by atoms with Crippen molar-refractivity contribution < 1.29 is 9.53 Å². The van der Waals surface area contributed by atoms with Crippen LogP contribution in [0.1, 0.15) is 34.7 Å². The number of nitrogens with one attached hydrogen (secondary N) is 1. The van der Waals surface area contributed by atoms with E-state index in [1.807, 2.05) is 38.1 Å². The van der Waals surface area contributed by atoms with Crippen LogP contribution in [0.4, 0.5) is 0 Å². The molecule has 3 nitrogen and oxygen atoms in total. The molecule has 0 saturated heterocycles. The molecule has 23 heavy (non-hydrogen) atoms. The standard InChI is InChI=1S/C19H20ClNO2/c1-12-9-15(20)10-13(2)19(12)23-11-18(22)21-17-8-7-14-5-3-4-6-16(14)17/h3-6,9-10,17H,7-8,11H2,1-2H3,(H,21,22)/t17-/m1/s1. The van der Waals surface area contributed by atoms with E-state index in [4.69, 9.17) is 16.3 Å². The molecule has 0 heterocycles. The first-order chi connectivity index (χ1) is 11.0. The molecule has 0 unspecified atom stereocenters. The minimum atomic E-state index is -0.0968. The van der Waals surface area contributed by atoms with Gasteiger partial charge in [0.25, 0.3) is 5.91 Å². The van der Waals surface area contributed by atoms with Crippen LogP contribution in [0.15, 0.2) is 36.4 Å². The van der Waals surface area contributed by atoms with Crippen molar-refractivity contribution in [1.82, 2.24) is 5.32 Å². The number of benzene rings is 2. The monoisotopic (exact) mass is 329 g/mol. The van der Waals surface area contributed by atoms with Crippen LogP contribution in [0.25, 0.3) is 0 Å². The van der Waals surface area contributed by atoms with Crippen LogP contribution in [-0.2, 0) is 11.2 Å². The lowest BCUT2D eigenvalue weighted by Crippen LogP contribution is -2.31. The summed E-state index contributed by atoms with van der Waals surface area (Å²) in [6.45, 7) is 3.88. The summed E-state index contributed by atoms with van der Waals surface area (Å²) in [7, 11) is 0. The van der Waals surface area contributed by atoms with Crippen LogP contribution in [-0.4, -0.2) is 12.5 Å². The molecule has 1 aliphatic carbocycles. The third-order valence-corrected chi connectivity index (χ3v) is 4.46. The van der Waals surface area contributed by atoms with Crippen molar-refractivity contribution in [2.45, 2.75) is 32.7 Å². The number of amides is 1. The van der Waals surface area contributed by atoms with Gasteiger partial charge in [-0.1, -0.05) is 35.9 Å². The van der Waals surface area contributed by atoms with Gasteiger partial charge in [0.15, 0.2) is 6.61 Å². The number of hydrogen-bond acceptors (Lipinski definition) is 2. The summed E-state index contributed by atoms with van der Waals surface area (Å²) in [6, 6.07) is 12.0. The zero-order valence-electron chi connectivity index (χ0n) is 13.4. The lowest BCUT2D eigenvalue weighted by Gasteiger charge is -2.16. The van der Waals surface area contributed by atoms with Gasteiger partial charge in [0.2, 0.25) is 0 Å². The van der Waals surface area contributed by atoms with Crippen LogP contribution in [0.2, 0.25) is 5.02 Å². The molecule has 1 atom stereocenters. The number of aryl methyl sites for hydroxylation is 3. The number of carbonyl (C=O) groups excluding carboxylic acids is 1. The van der Waals surface area contributed by atoms with Crippen molar-refractivity contribution in [3.63, 3.8) is 0 Å². The van der Waals surface area contributed by atoms with Crippen molar-refractivity contribution in [1.29, 1.82) is 0 Å². The Balaban J connectivity index is 1.61. The summed E-state index contributed by atoms with van der Waals surface area (Å²) in [5.74, 6) is 0.636. The highest BCUT2D eigenvalue weighted by Crippen LogP contribution is 2.31. The van der Waals surface area contributed by atoms with Gasteiger partial charge in [-0.3, -0.25) is 4.79 Å². The van der Waals surface area contributed by atoms with E-state index in [0.717, 1.165) is 29.7 Å². The third-order valence-electron chi connectivity index (χ3n) is 4.24. The molecule has 1 N–H and O–H groups in total. The first-order valence-corrected chi connectivity index (χ1v) is 8.19. The van der Waals surface area contributed by atoms with Gasteiger partial charge in [-0.05, 0) is 61.1 Å². The van der Waals surface area contributed by atoms with Gasteiger partial charge in [-0.2, -0.15) is 0 Å². The van der Waals surface area contributed by atoms with Crippen molar-refractivity contribution in [2.75, 3.05) is 6.61 Å². The van der Waals surface area contributed by atoms with Gasteiger partial charge >= 0.3 is 0 Å². The highest BCUT2D eigenvalue weighted by atomic mass is 35.5. The maximum atomic E-state index is 12.2. The molecule has 0 radical (unpaired) electrons. The van der Waals surface area contributed by atoms with Gasteiger partial charge in [-0.25, -0.2) is 0 Å². The molecule has 1 amide bonds.